The number of nitrogens with zero attached hydrogens (tertiary/aromatic N) is 1. The van der Waals surface area contributed by atoms with Crippen LogP contribution in [0, 0.1) is 5.41 Å². The summed E-state index contributed by atoms with van der Waals surface area (Å²) in [7, 11) is 0. The highest BCUT2D eigenvalue weighted by molar-refractivity contribution is 6.30. The van der Waals surface area contributed by atoms with E-state index in [0.29, 0.717) is 27.1 Å². The average Bonchev–Trinajstić information content (AvgIpc) is 3.16. The molecule has 1 amide bonds. The van der Waals surface area contributed by atoms with E-state index >= 15 is 0 Å². The standard InChI is InChI=1S/C22H23ClN2O2/c23-17-7-5-16(6-8-17)20(26)18-3-1-2-4-19(18)21(27)25-13-10-22(11-14-25)9-12-24-15-22/h1-8,24H,9-15H2. The third-order valence-electron chi connectivity index (χ3n) is 5.95. The lowest BCUT2D eigenvalue weighted by Crippen LogP contribution is -2.44. The molecule has 0 aliphatic carbocycles. The average molecular weight is 383 g/mol. The molecule has 0 bridgehead atoms. The highest BCUT2D eigenvalue weighted by Gasteiger charge is 2.38. The largest absolute Gasteiger partial charge is 0.339 e. The van der Waals surface area contributed by atoms with Crippen molar-refractivity contribution in [1.82, 2.24) is 10.2 Å². The molecule has 27 heavy (non-hydrogen) atoms. The van der Waals surface area contributed by atoms with Crippen molar-refractivity contribution in [3.8, 4) is 0 Å². The first-order valence-electron chi connectivity index (χ1n) is 9.47. The maximum atomic E-state index is 13.2. The minimum atomic E-state index is -0.149. The number of amides is 1. The van der Waals surface area contributed by atoms with E-state index < -0.39 is 0 Å². The second kappa shape index (κ2) is 7.45. The molecule has 0 saturated carbocycles. The van der Waals surface area contributed by atoms with Gasteiger partial charge in [0, 0.05) is 35.8 Å². The Morgan fingerprint density at radius 1 is 0.926 bits per heavy atom. The molecule has 2 aliphatic heterocycles. The van der Waals surface area contributed by atoms with E-state index in [2.05, 4.69) is 5.32 Å². The number of nitrogens with one attached hydrogen (secondary N) is 1. The van der Waals surface area contributed by atoms with E-state index in [-0.39, 0.29) is 11.7 Å². The highest BCUT2D eigenvalue weighted by Crippen LogP contribution is 2.37. The molecular weight excluding hydrogens is 360 g/mol. The lowest BCUT2D eigenvalue weighted by atomic mass is 9.77. The number of carbonyl (C=O) groups excluding carboxylic acids is 2. The van der Waals surface area contributed by atoms with Crippen molar-refractivity contribution in [3.05, 3.63) is 70.2 Å². The van der Waals surface area contributed by atoms with Gasteiger partial charge in [-0.2, -0.15) is 0 Å². The molecule has 0 radical (unpaired) electrons. The minimum absolute atomic E-state index is 0.0475. The van der Waals surface area contributed by atoms with Gasteiger partial charge in [-0.15, -0.1) is 0 Å². The van der Waals surface area contributed by atoms with Gasteiger partial charge in [0.2, 0.25) is 0 Å². The van der Waals surface area contributed by atoms with Gasteiger partial charge < -0.3 is 10.2 Å². The summed E-state index contributed by atoms with van der Waals surface area (Å²) in [6.45, 7) is 3.64. The molecule has 2 aliphatic rings. The van der Waals surface area contributed by atoms with Crippen LogP contribution in [0.3, 0.4) is 0 Å². The number of hydrogen-bond acceptors (Lipinski definition) is 3. The topological polar surface area (TPSA) is 49.4 Å². The van der Waals surface area contributed by atoms with Crippen LogP contribution >= 0.6 is 11.6 Å². The Morgan fingerprint density at radius 2 is 1.59 bits per heavy atom. The van der Waals surface area contributed by atoms with Gasteiger partial charge in [0.25, 0.3) is 5.91 Å². The van der Waals surface area contributed by atoms with Crippen LogP contribution in [0.4, 0.5) is 0 Å². The van der Waals surface area contributed by atoms with Crippen LogP contribution < -0.4 is 5.32 Å². The predicted molar refractivity (Wildman–Crippen MR) is 106 cm³/mol. The monoisotopic (exact) mass is 382 g/mol. The van der Waals surface area contributed by atoms with Crippen molar-refractivity contribution in [2.24, 2.45) is 5.41 Å². The van der Waals surface area contributed by atoms with Gasteiger partial charge in [0.1, 0.15) is 0 Å². The molecule has 2 heterocycles. The van der Waals surface area contributed by atoms with E-state index in [9.17, 15) is 9.59 Å². The van der Waals surface area contributed by atoms with Crippen LogP contribution in [0.1, 0.15) is 45.5 Å². The summed E-state index contributed by atoms with van der Waals surface area (Å²) in [5, 5.41) is 4.03. The lowest BCUT2D eigenvalue weighted by Gasteiger charge is -2.39. The molecule has 140 valence electrons. The number of halogens is 1. The predicted octanol–water partition coefficient (Wildman–Crippen LogP) is 3.79. The SMILES string of the molecule is O=C(c1ccc(Cl)cc1)c1ccccc1C(=O)N1CCC2(CCNC2)CC1. The molecule has 4 nitrogen and oxygen atoms in total. The van der Waals surface area contributed by atoms with Gasteiger partial charge in [-0.1, -0.05) is 29.8 Å². The van der Waals surface area contributed by atoms with Gasteiger partial charge in [0.05, 0.1) is 5.56 Å². The van der Waals surface area contributed by atoms with E-state index in [0.717, 1.165) is 39.0 Å². The van der Waals surface area contributed by atoms with Crippen molar-refractivity contribution in [3.63, 3.8) is 0 Å². The minimum Gasteiger partial charge on any atom is -0.339 e. The summed E-state index contributed by atoms with van der Waals surface area (Å²) in [5.41, 5.74) is 1.83. The van der Waals surface area contributed by atoms with E-state index in [1.165, 1.54) is 6.42 Å². The Balaban J connectivity index is 1.55. The molecular formula is C22H23ClN2O2. The van der Waals surface area contributed by atoms with Gasteiger partial charge in [-0.25, -0.2) is 0 Å². The Bertz CT molecular complexity index is 847. The first-order chi connectivity index (χ1) is 13.1. The van der Waals surface area contributed by atoms with Crippen LogP contribution in [0.25, 0.3) is 0 Å². The first-order valence-corrected chi connectivity index (χ1v) is 9.85. The zero-order valence-corrected chi connectivity index (χ0v) is 16.0. The van der Waals surface area contributed by atoms with Crippen LogP contribution in [-0.2, 0) is 0 Å². The number of benzene rings is 2. The summed E-state index contributed by atoms with van der Waals surface area (Å²) in [6, 6.07) is 13.9. The number of likely N-dealkylation sites (tertiary alicyclic amines) is 1. The third-order valence-corrected chi connectivity index (χ3v) is 6.20. The van der Waals surface area contributed by atoms with Gasteiger partial charge >= 0.3 is 0 Å². The van der Waals surface area contributed by atoms with E-state index in [1.54, 1.807) is 42.5 Å². The normalized spacial score (nSPS) is 18.6. The van der Waals surface area contributed by atoms with E-state index in [1.807, 2.05) is 11.0 Å². The number of hydrogen-bond donors (Lipinski definition) is 1. The second-order valence-electron chi connectivity index (χ2n) is 7.60. The quantitative estimate of drug-likeness (QED) is 0.822. The zero-order chi connectivity index (χ0) is 18.9. The van der Waals surface area contributed by atoms with Crippen LogP contribution in [-0.4, -0.2) is 42.8 Å². The van der Waals surface area contributed by atoms with Crippen LogP contribution in [0.2, 0.25) is 5.02 Å². The van der Waals surface area contributed by atoms with Gasteiger partial charge in [0.15, 0.2) is 5.78 Å². The third kappa shape index (κ3) is 3.64. The van der Waals surface area contributed by atoms with E-state index in [4.69, 9.17) is 11.6 Å². The van der Waals surface area contributed by atoms with Crippen molar-refractivity contribution in [2.45, 2.75) is 19.3 Å². The fourth-order valence-corrected chi connectivity index (χ4v) is 4.33. The van der Waals surface area contributed by atoms with Crippen molar-refractivity contribution < 1.29 is 9.59 Å². The van der Waals surface area contributed by atoms with Crippen molar-refractivity contribution in [2.75, 3.05) is 26.2 Å². The summed E-state index contributed by atoms with van der Waals surface area (Å²) in [4.78, 5) is 28.0. The molecule has 1 N–H and O–H groups in total. The molecule has 4 rings (SSSR count). The summed E-state index contributed by atoms with van der Waals surface area (Å²) >= 11 is 5.92. The van der Waals surface area contributed by atoms with Crippen molar-refractivity contribution in [1.29, 1.82) is 0 Å². The molecule has 1 spiro atoms. The van der Waals surface area contributed by atoms with Crippen molar-refractivity contribution >= 4 is 23.3 Å². The highest BCUT2D eigenvalue weighted by atomic mass is 35.5. The van der Waals surface area contributed by atoms with Crippen LogP contribution in [0.5, 0.6) is 0 Å². The fraction of sp³-hybridized carbons (Fsp3) is 0.364. The Kier molecular flexibility index (Phi) is 5.02. The summed E-state index contributed by atoms with van der Waals surface area (Å²) in [6.07, 6.45) is 3.25. The van der Waals surface area contributed by atoms with Gasteiger partial charge in [-0.05, 0) is 61.6 Å². The summed E-state index contributed by atoms with van der Waals surface area (Å²) in [5.74, 6) is -0.196. The second-order valence-corrected chi connectivity index (χ2v) is 8.04. The maximum Gasteiger partial charge on any atom is 0.254 e. The molecule has 0 unspecified atom stereocenters. The molecule has 2 fully saturated rings. The molecule has 0 aromatic heterocycles. The fourth-order valence-electron chi connectivity index (χ4n) is 4.20. The smallest absolute Gasteiger partial charge is 0.254 e. The maximum absolute atomic E-state index is 13.2. The zero-order valence-electron chi connectivity index (χ0n) is 15.2. The van der Waals surface area contributed by atoms with Gasteiger partial charge in [-0.3, -0.25) is 9.59 Å². The molecule has 2 aromatic rings. The number of rotatable bonds is 3. The first kappa shape index (κ1) is 18.2. The molecule has 2 saturated heterocycles. The van der Waals surface area contributed by atoms with Crippen LogP contribution in [0.15, 0.2) is 48.5 Å². The number of carbonyl (C=O) groups is 2. The number of ketones is 1. The Labute approximate surface area is 164 Å². The molecule has 0 atom stereocenters. The lowest BCUT2D eigenvalue weighted by molar-refractivity contribution is 0.0605. The molecule has 5 heteroatoms. The molecule has 2 aromatic carbocycles. The number of piperidine rings is 1. The summed E-state index contributed by atoms with van der Waals surface area (Å²) < 4.78 is 0. The Morgan fingerprint density at radius 3 is 2.22 bits per heavy atom. The Hall–Kier alpha value is -2.17.